The molecule has 0 N–H and O–H groups in total. The summed E-state index contributed by atoms with van der Waals surface area (Å²) in [6.07, 6.45) is 0. The number of hydrogen-bond donors (Lipinski definition) is 0. The zero-order valence-corrected chi connectivity index (χ0v) is 23.6. The van der Waals surface area contributed by atoms with Crippen molar-refractivity contribution >= 4 is 0 Å². The molecule has 0 heterocycles. The fourth-order valence-electron chi connectivity index (χ4n) is 1.59. The molecule has 6 nitrogen and oxygen atoms in total. The summed E-state index contributed by atoms with van der Waals surface area (Å²) < 4.78 is 0. The summed E-state index contributed by atoms with van der Waals surface area (Å²) in [6, 6.07) is 0. The predicted molar refractivity (Wildman–Crippen MR) is 69.4 cm³/mol. The SMILES string of the molecule is C=C(C[O-])N(CCN(C(=C)C[O-])C(=C)C[O-])C(=C)C[O-].[Na+].[Na+].[Na+].[Na+]. The molecule has 10 heteroatoms. The standard InChI is InChI=1S/C14H20N2O4.4Na/c1-11(7-17)15(12(2)8-18)5-6-16(13(3)9-19)14(4)10-20;;;;/h1-10H2;;;;/q-4;4*+1. The monoisotopic (exact) mass is 372 g/mol. The Balaban J connectivity index is -0.000000301. The van der Waals surface area contributed by atoms with Crippen LogP contribution >= 0.6 is 0 Å². The minimum absolute atomic E-state index is 0. The van der Waals surface area contributed by atoms with Crippen LogP contribution in [0.1, 0.15) is 0 Å². The van der Waals surface area contributed by atoms with E-state index in [-0.39, 0.29) is 154 Å². The van der Waals surface area contributed by atoms with Crippen LogP contribution in [0.4, 0.5) is 0 Å². The van der Waals surface area contributed by atoms with E-state index in [1.807, 2.05) is 0 Å². The molecule has 24 heavy (non-hydrogen) atoms. The molecule has 0 aliphatic carbocycles. The maximum absolute atomic E-state index is 10.9. The smallest absolute Gasteiger partial charge is 0.850 e. The third-order valence-electron chi connectivity index (χ3n) is 2.74. The molecule has 0 spiro atoms. The van der Waals surface area contributed by atoms with E-state index in [1.54, 1.807) is 0 Å². The van der Waals surface area contributed by atoms with Crippen molar-refractivity contribution in [2.45, 2.75) is 0 Å². The predicted octanol–water partition coefficient (Wildman–Crippen LogP) is -14.9. The molecule has 0 unspecified atom stereocenters. The summed E-state index contributed by atoms with van der Waals surface area (Å²) in [5.74, 6) is 0. The van der Waals surface area contributed by atoms with Crippen LogP contribution in [0, 0.1) is 0 Å². The van der Waals surface area contributed by atoms with Gasteiger partial charge in [0.15, 0.2) is 0 Å². The summed E-state index contributed by atoms with van der Waals surface area (Å²) in [6.45, 7) is 12.5. The Morgan fingerprint density at radius 1 is 0.500 bits per heavy atom. The van der Waals surface area contributed by atoms with Crippen molar-refractivity contribution in [3.05, 3.63) is 49.1 Å². The number of rotatable bonds is 11. The van der Waals surface area contributed by atoms with Crippen molar-refractivity contribution in [3.63, 3.8) is 0 Å². The Labute approximate surface area is 233 Å². The van der Waals surface area contributed by atoms with Gasteiger partial charge in [-0.1, -0.05) is 52.7 Å². The van der Waals surface area contributed by atoms with E-state index in [0.717, 1.165) is 0 Å². The van der Waals surface area contributed by atoms with Crippen LogP contribution in [-0.4, -0.2) is 49.3 Å². The average Bonchev–Trinajstić information content (AvgIpc) is 2.48. The molecular weight excluding hydrogens is 352 g/mol. The molecule has 0 aromatic rings. The fraction of sp³-hybridized carbons (Fsp3) is 0.429. The topological polar surface area (TPSA) is 98.7 Å². The van der Waals surface area contributed by atoms with Gasteiger partial charge in [-0.05, 0) is 22.8 Å². The van der Waals surface area contributed by atoms with Crippen molar-refractivity contribution in [2.24, 2.45) is 0 Å². The second kappa shape index (κ2) is 21.7. The Kier molecular flexibility index (Phi) is 33.6. The van der Waals surface area contributed by atoms with E-state index >= 15 is 0 Å². The van der Waals surface area contributed by atoms with E-state index < -0.39 is 26.4 Å². The first-order valence-corrected chi connectivity index (χ1v) is 6.01. The molecule has 0 rings (SSSR count). The second-order valence-electron chi connectivity index (χ2n) is 4.15. The molecule has 0 aliphatic rings. The summed E-state index contributed by atoms with van der Waals surface area (Å²) in [5, 5.41) is 43.5. The van der Waals surface area contributed by atoms with Gasteiger partial charge >= 0.3 is 118 Å². The van der Waals surface area contributed by atoms with Crippen molar-refractivity contribution in [3.8, 4) is 0 Å². The van der Waals surface area contributed by atoms with E-state index in [4.69, 9.17) is 0 Å². The minimum atomic E-state index is -0.565. The van der Waals surface area contributed by atoms with Gasteiger partial charge in [-0.3, -0.25) is 0 Å². The van der Waals surface area contributed by atoms with Gasteiger partial charge in [-0.15, -0.1) is 0 Å². The first-order chi connectivity index (χ1) is 9.42. The Bertz CT molecular complexity index is 327. The molecular formula is C14H20N2Na4O4. The molecule has 0 atom stereocenters. The quantitative estimate of drug-likeness (QED) is 0.334. The molecule has 0 aromatic carbocycles. The van der Waals surface area contributed by atoms with Gasteiger partial charge in [0.05, 0.1) is 0 Å². The van der Waals surface area contributed by atoms with Gasteiger partial charge in [-0.25, -0.2) is 0 Å². The van der Waals surface area contributed by atoms with Crippen molar-refractivity contribution in [1.29, 1.82) is 0 Å². The Hall–Kier alpha value is 2.40. The molecule has 0 saturated heterocycles. The molecule has 0 bridgehead atoms. The molecule has 0 aromatic heterocycles. The first-order valence-electron chi connectivity index (χ1n) is 6.01. The third kappa shape index (κ3) is 13.6. The maximum atomic E-state index is 10.9. The molecule has 0 radical (unpaired) electrons. The normalized spacial score (nSPS) is 8.33. The molecule has 0 aliphatic heterocycles. The van der Waals surface area contributed by atoms with Crippen LogP contribution < -0.4 is 139 Å². The van der Waals surface area contributed by atoms with Crippen LogP contribution in [0.3, 0.4) is 0 Å². The Morgan fingerprint density at radius 3 is 0.792 bits per heavy atom. The maximum Gasteiger partial charge on any atom is 1.00 e. The van der Waals surface area contributed by atoms with Crippen molar-refractivity contribution < 1.29 is 139 Å². The van der Waals surface area contributed by atoms with Crippen LogP contribution in [0.25, 0.3) is 0 Å². The van der Waals surface area contributed by atoms with Crippen LogP contribution in [-0.2, 0) is 0 Å². The van der Waals surface area contributed by atoms with Gasteiger partial charge in [-0.2, -0.15) is 0 Å². The number of nitrogens with zero attached hydrogens (tertiary/aromatic N) is 2. The summed E-state index contributed by atoms with van der Waals surface area (Å²) in [5.41, 5.74) is 0.857. The van der Waals surface area contributed by atoms with Gasteiger partial charge in [0, 0.05) is 13.1 Å². The third-order valence-corrected chi connectivity index (χ3v) is 2.74. The zero-order chi connectivity index (χ0) is 15.7. The van der Waals surface area contributed by atoms with Gasteiger partial charge in [0.2, 0.25) is 0 Å². The van der Waals surface area contributed by atoms with E-state index in [1.165, 1.54) is 9.80 Å². The molecule has 114 valence electrons. The summed E-state index contributed by atoms with van der Waals surface area (Å²) >= 11 is 0. The molecule has 0 saturated carbocycles. The fourth-order valence-corrected chi connectivity index (χ4v) is 1.59. The van der Waals surface area contributed by atoms with E-state index in [2.05, 4.69) is 26.3 Å². The average molecular weight is 372 g/mol. The number of hydrogen-bond acceptors (Lipinski definition) is 6. The van der Waals surface area contributed by atoms with E-state index in [0.29, 0.717) is 0 Å². The van der Waals surface area contributed by atoms with Crippen LogP contribution in [0.5, 0.6) is 0 Å². The Morgan fingerprint density at radius 2 is 0.667 bits per heavy atom. The molecule has 0 amide bonds. The van der Waals surface area contributed by atoms with Gasteiger partial charge < -0.3 is 30.2 Å². The van der Waals surface area contributed by atoms with Crippen LogP contribution in [0.15, 0.2) is 49.1 Å². The molecule has 0 fully saturated rings. The first kappa shape index (κ1) is 37.2. The van der Waals surface area contributed by atoms with Gasteiger partial charge in [0.1, 0.15) is 0 Å². The van der Waals surface area contributed by atoms with Crippen molar-refractivity contribution in [2.75, 3.05) is 39.5 Å². The minimum Gasteiger partial charge on any atom is -0.850 e. The summed E-state index contributed by atoms with van der Waals surface area (Å²) in [4.78, 5) is 2.81. The second-order valence-corrected chi connectivity index (χ2v) is 4.15. The largest absolute Gasteiger partial charge is 1.00 e. The zero-order valence-electron chi connectivity index (χ0n) is 15.6. The van der Waals surface area contributed by atoms with Crippen molar-refractivity contribution in [1.82, 2.24) is 9.80 Å². The van der Waals surface area contributed by atoms with Gasteiger partial charge in [0.25, 0.3) is 0 Å². The van der Waals surface area contributed by atoms with Crippen LogP contribution in [0.2, 0.25) is 0 Å². The van der Waals surface area contributed by atoms with E-state index in [9.17, 15) is 20.4 Å². The summed E-state index contributed by atoms with van der Waals surface area (Å²) in [7, 11) is 0.